The Kier molecular flexibility index (Phi) is 6.42. The van der Waals surface area contributed by atoms with Crippen molar-refractivity contribution in [1.82, 2.24) is 10.3 Å². The Morgan fingerprint density at radius 1 is 0.905 bits per heavy atom. The molecule has 1 N–H and O–H groups in total. The van der Waals surface area contributed by atoms with E-state index >= 15 is 0 Å². The monoisotopic (exact) mass is 282 g/mol. The van der Waals surface area contributed by atoms with Crippen molar-refractivity contribution in [3.8, 4) is 0 Å². The highest BCUT2D eigenvalue weighted by Gasteiger charge is 2.08. The van der Waals surface area contributed by atoms with Gasteiger partial charge in [0.05, 0.1) is 0 Å². The Labute approximate surface area is 128 Å². The third-order valence-electron chi connectivity index (χ3n) is 3.94. The zero-order valence-corrected chi connectivity index (χ0v) is 13.2. The molecule has 1 aromatic heterocycles. The minimum Gasteiger partial charge on any atom is -0.314 e. The zero-order valence-electron chi connectivity index (χ0n) is 13.2. The number of pyridine rings is 1. The maximum absolute atomic E-state index is 4.08. The predicted molar refractivity (Wildman–Crippen MR) is 89.5 cm³/mol. The second-order valence-electron chi connectivity index (χ2n) is 5.52. The highest BCUT2D eigenvalue weighted by Crippen LogP contribution is 2.11. The van der Waals surface area contributed by atoms with Crippen molar-refractivity contribution in [3.05, 3.63) is 65.5 Å². The van der Waals surface area contributed by atoms with Crippen molar-refractivity contribution in [3.63, 3.8) is 0 Å². The van der Waals surface area contributed by atoms with E-state index in [1.54, 1.807) is 0 Å². The fourth-order valence-electron chi connectivity index (χ4n) is 2.65. The maximum atomic E-state index is 4.08. The maximum Gasteiger partial charge on any atom is 0.0270 e. The van der Waals surface area contributed by atoms with E-state index in [1.165, 1.54) is 16.7 Å². The van der Waals surface area contributed by atoms with Gasteiger partial charge in [0.15, 0.2) is 0 Å². The molecule has 1 heterocycles. The van der Waals surface area contributed by atoms with Crippen LogP contribution < -0.4 is 5.32 Å². The first-order valence-electron chi connectivity index (χ1n) is 8.02. The lowest BCUT2D eigenvalue weighted by molar-refractivity contribution is 0.491. The average Bonchev–Trinajstić information content (AvgIpc) is 2.54. The van der Waals surface area contributed by atoms with Gasteiger partial charge < -0.3 is 5.32 Å². The number of likely N-dealkylation sites (N-methyl/N-ethyl adjacent to an activating group) is 1. The van der Waals surface area contributed by atoms with Gasteiger partial charge in [0.25, 0.3) is 0 Å². The summed E-state index contributed by atoms with van der Waals surface area (Å²) in [6.45, 7) is 5.40. The summed E-state index contributed by atoms with van der Waals surface area (Å²) >= 11 is 0. The molecule has 0 spiro atoms. The van der Waals surface area contributed by atoms with Crippen LogP contribution in [0.2, 0.25) is 0 Å². The Bertz CT molecular complexity index is 505. The summed E-state index contributed by atoms with van der Waals surface area (Å²) in [5.74, 6) is 0. The Morgan fingerprint density at radius 2 is 1.57 bits per heavy atom. The molecule has 0 aliphatic carbocycles. The van der Waals surface area contributed by atoms with Crippen LogP contribution in [0, 0.1) is 0 Å². The summed E-state index contributed by atoms with van der Waals surface area (Å²) in [5, 5.41) is 3.61. The molecular formula is C19H26N2. The van der Waals surface area contributed by atoms with Gasteiger partial charge in [-0.15, -0.1) is 0 Å². The molecule has 1 atom stereocenters. The van der Waals surface area contributed by atoms with Crippen LogP contribution in [0.4, 0.5) is 0 Å². The van der Waals surface area contributed by atoms with Gasteiger partial charge in [-0.05, 0) is 61.1 Å². The second-order valence-corrected chi connectivity index (χ2v) is 5.52. The molecule has 2 heteroatoms. The molecular weight excluding hydrogens is 256 g/mol. The number of benzene rings is 1. The molecule has 0 saturated carbocycles. The first-order valence-corrected chi connectivity index (χ1v) is 8.02. The molecule has 2 rings (SSSR count). The number of hydrogen-bond acceptors (Lipinski definition) is 2. The van der Waals surface area contributed by atoms with Gasteiger partial charge in [-0.2, -0.15) is 0 Å². The molecule has 0 fully saturated rings. The summed E-state index contributed by atoms with van der Waals surface area (Å²) in [4.78, 5) is 4.08. The van der Waals surface area contributed by atoms with Gasteiger partial charge in [0.1, 0.15) is 0 Å². The number of aryl methyl sites for hydroxylation is 2. The zero-order chi connectivity index (χ0) is 14.9. The van der Waals surface area contributed by atoms with Crippen molar-refractivity contribution >= 4 is 0 Å². The van der Waals surface area contributed by atoms with Gasteiger partial charge in [0.2, 0.25) is 0 Å². The second kappa shape index (κ2) is 8.58. The molecule has 21 heavy (non-hydrogen) atoms. The first kappa shape index (κ1) is 15.7. The van der Waals surface area contributed by atoms with Crippen molar-refractivity contribution in [2.45, 2.75) is 45.6 Å². The van der Waals surface area contributed by atoms with Crippen LogP contribution >= 0.6 is 0 Å². The Balaban J connectivity index is 1.91. The molecule has 0 amide bonds. The molecule has 2 nitrogen and oxygen atoms in total. The predicted octanol–water partition coefficient (Wildman–Crippen LogP) is 3.80. The number of aromatic nitrogens is 1. The van der Waals surface area contributed by atoms with Gasteiger partial charge in [-0.3, -0.25) is 4.98 Å². The summed E-state index contributed by atoms with van der Waals surface area (Å²) in [6.07, 6.45) is 8.23. The van der Waals surface area contributed by atoms with Gasteiger partial charge in [-0.1, -0.05) is 38.1 Å². The third kappa shape index (κ3) is 5.31. The number of nitrogens with zero attached hydrogens (tertiary/aromatic N) is 1. The van der Waals surface area contributed by atoms with E-state index < -0.39 is 0 Å². The summed E-state index contributed by atoms with van der Waals surface area (Å²) in [5.41, 5.74) is 4.21. The highest BCUT2D eigenvalue weighted by atomic mass is 14.9. The van der Waals surface area contributed by atoms with E-state index in [1.807, 2.05) is 12.4 Å². The Hall–Kier alpha value is -1.67. The minimum atomic E-state index is 0.538. The topological polar surface area (TPSA) is 24.9 Å². The van der Waals surface area contributed by atoms with Crippen molar-refractivity contribution in [2.75, 3.05) is 6.54 Å². The molecule has 0 radical (unpaired) electrons. The average molecular weight is 282 g/mol. The molecule has 0 bridgehead atoms. The summed E-state index contributed by atoms with van der Waals surface area (Å²) < 4.78 is 0. The summed E-state index contributed by atoms with van der Waals surface area (Å²) in [6, 6.07) is 13.8. The Morgan fingerprint density at radius 3 is 2.19 bits per heavy atom. The first-order chi connectivity index (χ1) is 10.3. The van der Waals surface area contributed by atoms with Gasteiger partial charge in [-0.25, -0.2) is 0 Å². The van der Waals surface area contributed by atoms with E-state index in [9.17, 15) is 0 Å². The fraction of sp³-hybridized carbons (Fsp3) is 0.421. The fourth-order valence-corrected chi connectivity index (χ4v) is 2.65. The third-order valence-corrected chi connectivity index (χ3v) is 3.94. The van der Waals surface area contributed by atoms with Crippen LogP contribution in [0.15, 0.2) is 48.8 Å². The number of nitrogens with one attached hydrogen (secondary N) is 1. The van der Waals surface area contributed by atoms with Crippen molar-refractivity contribution in [2.24, 2.45) is 0 Å². The van der Waals surface area contributed by atoms with Crippen LogP contribution in [0.3, 0.4) is 0 Å². The van der Waals surface area contributed by atoms with Gasteiger partial charge >= 0.3 is 0 Å². The molecule has 0 aliphatic rings. The van der Waals surface area contributed by atoms with Crippen LogP contribution in [-0.2, 0) is 19.3 Å². The quantitative estimate of drug-likeness (QED) is 0.796. The summed E-state index contributed by atoms with van der Waals surface area (Å²) in [7, 11) is 0. The lowest BCUT2D eigenvalue weighted by Gasteiger charge is -2.18. The van der Waals surface area contributed by atoms with E-state index in [4.69, 9.17) is 0 Å². The lowest BCUT2D eigenvalue weighted by Crippen LogP contribution is -2.31. The molecule has 0 saturated heterocycles. The van der Waals surface area contributed by atoms with E-state index in [0.717, 1.165) is 32.2 Å². The van der Waals surface area contributed by atoms with E-state index in [2.05, 4.69) is 60.5 Å². The molecule has 1 aromatic carbocycles. The smallest absolute Gasteiger partial charge is 0.0270 e. The largest absolute Gasteiger partial charge is 0.314 e. The molecule has 1 unspecified atom stereocenters. The SMILES string of the molecule is CCNC(CCc1ccncc1)Cc1ccc(CC)cc1. The van der Waals surface area contributed by atoms with Crippen molar-refractivity contribution in [1.29, 1.82) is 0 Å². The lowest BCUT2D eigenvalue weighted by atomic mass is 9.98. The normalized spacial score (nSPS) is 12.3. The van der Waals surface area contributed by atoms with Crippen molar-refractivity contribution < 1.29 is 0 Å². The van der Waals surface area contributed by atoms with E-state index in [-0.39, 0.29) is 0 Å². The van der Waals surface area contributed by atoms with Crippen LogP contribution in [-0.4, -0.2) is 17.6 Å². The van der Waals surface area contributed by atoms with Gasteiger partial charge in [0, 0.05) is 18.4 Å². The highest BCUT2D eigenvalue weighted by molar-refractivity contribution is 5.23. The molecule has 2 aromatic rings. The standard InChI is InChI=1S/C19H26N2/c1-3-16-5-7-18(8-6-16)15-19(21-4-2)10-9-17-11-13-20-14-12-17/h5-8,11-14,19,21H,3-4,9-10,15H2,1-2H3. The minimum absolute atomic E-state index is 0.538. The molecule has 0 aliphatic heterocycles. The van der Waals surface area contributed by atoms with E-state index in [0.29, 0.717) is 6.04 Å². The molecule has 112 valence electrons. The number of rotatable bonds is 8. The number of hydrogen-bond donors (Lipinski definition) is 1. The van der Waals surface area contributed by atoms with Crippen LogP contribution in [0.25, 0.3) is 0 Å². The van der Waals surface area contributed by atoms with Crippen LogP contribution in [0.5, 0.6) is 0 Å². The van der Waals surface area contributed by atoms with Crippen LogP contribution in [0.1, 0.15) is 37.0 Å².